The molecule has 0 bridgehead atoms. The van der Waals surface area contributed by atoms with E-state index in [2.05, 4.69) is 0 Å². The number of aryl methyl sites for hydroxylation is 3. The van der Waals surface area contributed by atoms with Crippen molar-refractivity contribution in [3.05, 3.63) is 89.5 Å². The number of benzene rings is 3. The van der Waals surface area contributed by atoms with Crippen molar-refractivity contribution in [2.45, 2.75) is 20.8 Å². The van der Waals surface area contributed by atoms with Gasteiger partial charge in [0.1, 0.15) is 17.2 Å². The molecule has 0 aliphatic heterocycles. The largest absolute Gasteiger partial charge is 0.817 e. The van der Waals surface area contributed by atoms with Gasteiger partial charge in [-0.3, -0.25) is 0 Å². The predicted molar refractivity (Wildman–Crippen MR) is 107 cm³/mol. The number of hydrogen-bond donors (Lipinski definition) is 0. The normalized spacial score (nSPS) is 11.1. The van der Waals surface area contributed by atoms with Crippen LogP contribution in [0.3, 0.4) is 0 Å². The van der Waals surface area contributed by atoms with Crippen molar-refractivity contribution in [1.82, 2.24) is 0 Å². The SMILES string of the molecule is Cc1ccc(O[Si](Cl)(Oc2ccc(C)cc2)Oc2ccc(C)cc2)cc1. The van der Waals surface area contributed by atoms with Gasteiger partial charge >= 0.3 is 8.11 Å². The molecule has 3 aromatic carbocycles. The molecule has 0 unspecified atom stereocenters. The van der Waals surface area contributed by atoms with Gasteiger partial charge in [0.2, 0.25) is 0 Å². The first kappa shape index (κ1) is 18.4. The Hall–Kier alpha value is -2.43. The standard InChI is InChI=1S/C21H21ClO3Si/c1-16-4-10-19(11-5-16)23-26(22,24-20-12-6-17(2)7-13-20)25-21-14-8-18(3)9-15-21/h4-15H,1-3H3. The molecule has 3 nitrogen and oxygen atoms in total. The van der Waals surface area contributed by atoms with Crippen molar-refractivity contribution in [3.8, 4) is 17.2 Å². The first-order chi connectivity index (χ1) is 12.4. The van der Waals surface area contributed by atoms with Crippen molar-refractivity contribution >= 4 is 19.2 Å². The third kappa shape index (κ3) is 5.03. The van der Waals surface area contributed by atoms with Crippen LogP contribution < -0.4 is 13.3 Å². The van der Waals surface area contributed by atoms with E-state index in [4.69, 9.17) is 24.4 Å². The Morgan fingerprint density at radius 1 is 0.500 bits per heavy atom. The summed E-state index contributed by atoms with van der Waals surface area (Å²) in [5.41, 5.74) is 3.41. The van der Waals surface area contributed by atoms with E-state index in [0.717, 1.165) is 16.7 Å². The zero-order valence-electron chi connectivity index (χ0n) is 15.0. The van der Waals surface area contributed by atoms with Gasteiger partial charge in [0.15, 0.2) is 0 Å². The lowest BCUT2D eigenvalue weighted by atomic mass is 10.2. The Morgan fingerprint density at radius 3 is 0.962 bits per heavy atom. The van der Waals surface area contributed by atoms with Crippen molar-refractivity contribution in [3.63, 3.8) is 0 Å². The van der Waals surface area contributed by atoms with Gasteiger partial charge in [0.05, 0.1) is 0 Å². The second-order valence-corrected chi connectivity index (χ2v) is 9.19. The molecule has 0 N–H and O–H groups in total. The molecule has 0 radical (unpaired) electrons. The molecule has 0 aliphatic rings. The summed E-state index contributed by atoms with van der Waals surface area (Å²) in [5.74, 6) is 1.82. The zero-order chi connectivity index (χ0) is 18.6. The Labute approximate surface area is 160 Å². The summed E-state index contributed by atoms with van der Waals surface area (Å²) in [7, 11) is -3.55. The third-order valence-corrected chi connectivity index (χ3v) is 5.92. The van der Waals surface area contributed by atoms with Gasteiger partial charge in [-0.05, 0) is 68.2 Å². The molecular formula is C21H21ClO3Si. The summed E-state index contributed by atoms with van der Waals surface area (Å²) >= 11 is 6.73. The molecule has 26 heavy (non-hydrogen) atoms. The molecule has 0 amide bonds. The van der Waals surface area contributed by atoms with E-state index in [1.807, 2.05) is 93.6 Å². The van der Waals surface area contributed by atoms with Crippen LogP contribution in [0.2, 0.25) is 0 Å². The Balaban J connectivity index is 1.86. The molecule has 0 saturated carbocycles. The molecule has 0 fully saturated rings. The zero-order valence-corrected chi connectivity index (χ0v) is 16.8. The number of halogens is 1. The quantitative estimate of drug-likeness (QED) is 0.395. The lowest BCUT2D eigenvalue weighted by Gasteiger charge is -2.24. The average Bonchev–Trinajstić information content (AvgIpc) is 2.61. The van der Waals surface area contributed by atoms with Crippen LogP contribution in [0.1, 0.15) is 16.7 Å². The molecule has 3 aromatic rings. The van der Waals surface area contributed by atoms with Crippen molar-refractivity contribution in [2.75, 3.05) is 0 Å². The molecule has 5 heteroatoms. The highest BCUT2D eigenvalue weighted by molar-refractivity contribution is 7.10. The van der Waals surface area contributed by atoms with E-state index in [9.17, 15) is 0 Å². The molecule has 0 atom stereocenters. The molecule has 0 aliphatic carbocycles. The first-order valence-corrected chi connectivity index (χ1v) is 11.1. The summed E-state index contributed by atoms with van der Waals surface area (Å²) in [6.45, 7) is 6.04. The van der Waals surface area contributed by atoms with E-state index < -0.39 is 8.11 Å². The summed E-state index contributed by atoms with van der Waals surface area (Å²) in [5, 5.41) is 0. The van der Waals surface area contributed by atoms with Crippen molar-refractivity contribution < 1.29 is 13.3 Å². The Kier molecular flexibility index (Phi) is 5.54. The molecule has 0 spiro atoms. The maximum Gasteiger partial charge on any atom is 0.817 e. The minimum absolute atomic E-state index is 0.608. The monoisotopic (exact) mass is 384 g/mol. The van der Waals surface area contributed by atoms with Gasteiger partial charge in [-0.25, -0.2) is 0 Å². The third-order valence-electron chi connectivity index (χ3n) is 3.78. The Morgan fingerprint density at radius 2 is 0.731 bits per heavy atom. The van der Waals surface area contributed by atoms with E-state index in [1.165, 1.54) is 0 Å². The average molecular weight is 385 g/mol. The van der Waals surface area contributed by atoms with Crippen LogP contribution in [0.4, 0.5) is 0 Å². The maximum atomic E-state index is 6.73. The van der Waals surface area contributed by atoms with E-state index in [1.54, 1.807) is 0 Å². The van der Waals surface area contributed by atoms with Gasteiger partial charge in [0, 0.05) is 0 Å². The van der Waals surface area contributed by atoms with E-state index >= 15 is 0 Å². The highest BCUT2D eigenvalue weighted by Crippen LogP contribution is 2.27. The molecule has 134 valence electrons. The minimum Gasteiger partial charge on any atom is -0.472 e. The van der Waals surface area contributed by atoms with Gasteiger partial charge in [-0.1, -0.05) is 53.1 Å². The number of hydrogen-bond acceptors (Lipinski definition) is 3. The fraction of sp³-hybridized carbons (Fsp3) is 0.143. The van der Waals surface area contributed by atoms with Crippen LogP contribution in [0.25, 0.3) is 0 Å². The molecule has 0 saturated heterocycles. The van der Waals surface area contributed by atoms with Gasteiger partial charge < -0.3 is 13.3 Å². The lowest BCUT2D eigenvalue weighted by molar-refractivity contribution is 0.292. The molecule has 0 heterocycles. The Bertz CT molecular complexity index is 730. The second-order valence-electron chi connectivity index (χ2n) is 6.23. The summed E-state index contributed by atoms with van der Waals surface area (Å²) in [4.78, 5) is 0. The van der Waals surface area contributed by atoms with E-state index in [-0.39, 0.29) is 0 Å². The second kappa shape index (κ2) is 7.85. The highest BCUT2D eigenvalue weighted by Gasteiger charge is 2.48. The van der Waals surface area contributed by atoms with Crippen LogP contribution in [0.5, 0.6) is 17.2 Å². The fourth-order valence-electron chi connectivity index (χ4n) is 2.30. The smallest absolute Gasteiger partial charge is 0.472 e. The lowest BCUT2D eigenvalue weighted by Crippen LogP contribution is -2.49. The minimum atomic E-state index is -3.55. The summed E-state index contributed by atoms with van der Waals surface area (Å²) < 4.78 is 18.0. The predicted octanol–water partition coefficient (Wildman–Crippen LogP) is 5.82. The van der Waals surface area contributed by atoms with Crippen LogP contribution in [-0.2, 0) is 0 Å². The maximum absolute atomic E-state index is 6.73. The highest BCUT2D eigenvalue weighted by atomic mass is 35.6. The summed E-state index contributed by atoms with van der Waals surface area (Å²) in [6.07, 6.45) is 0. The van der Waals surface area contributed by atoms with Crippen LogP contribution >= 0.6 is 11.1 Å². The number of rotatable bonds is 6. The van der Waals surface area contributed by atoms with Crippen LogP contribution in [-0.4, -0.2) is 8.11 Å². The van der Waals surface area contributed by atoms with Gasteiger partial charge in [-0.15, -0.1) is 0 Å². The first-order valence-electron chi connectivity index (χ1n) is 8.38. The van der Waals surface area contributed by atoms with Crippen molar-refractivity contribution in [2.24, 2.45) is 0 Å². The van der Waals surface area contributed by atoms with E-state index in [0.29, 0.717) is 17.2 Å². The fourth-order valence-corrected chi connectivity index (χ4v) is 4.48. The van der Waals surface area contributed by atoms with Gasteiger partial charge in [-0.2, -0.15) is 0 Å². The molecular weight excluding hydrogens is 364 g/mol. The molecule has 3 rings (SSSR count). The van der Waals surface area contributed by atoms with Gasteiger partial charge in [0.25, 0.3) is 0 Å². The van der Waals surface area contributed by atoms with Crippen molar-refractivity contribution in [1.29, 1.82) is 0 Å². The molecule has 0 aromatic heterocycles. The van der Waals surface area contributed by atoms with Crippen LogP contribution in [0.15, 0.2) is 72.8 Å². The summed E-state index contributed by atoms with van der Waals surface area (Å²) in [6, 6.07) is 22.9. The van der Waals surface area contributed by atoms with Crippen LogP contribution in [0, 0.1) is 20.8 Å². The topological polar surface area (TPSA) is 27.7 Å².